The number of nitrogens with one attached hydrogen (secondary N) is 1. The summed E-state index contributed by atoms with van der Waals surface area (Å²) in [6, 6.07) is 3.94. The second-order valence-electron chi connectivity index (χ2n) is 5.38. The second kappa shape index (κ2) is 5.60. The molecule has 0 radical (unpaired) electrons. The van der Waals surface area contributed by atoms with E-state index in [0.717, 1.165) is 16.9 Å². The van der Waals surface area contributed by atoms with Gasteiger partial charge in [-0.15, -0.1) is 0 Å². The highest BCUT2D eigenvalue weighted by Gasteiger charge is 2.23. The number of aliphatic hydroxyl groups is 1. The highest BCUT2D eigenvalue weighted by molar-refractivity contribution is 5.68. The normalized spacial score (nSPS) is 14.3. The van der Waals surface area contributed by atoms with Crippen LogP contribution in [0.5, 0.6) is 0 Å². The van der Waals surface area contributed by atoms with E-state index < -0.39 is 11.6 Å². The van der Waals surface area contributed by atoms with Crippen molar-refractivity contribution in [1.29, 1.82) is 0 Å². The molecule has 0 fully saturated rings. The summed E-state index contributed by atoms with van der Waals surface area (Å²) < 4.78 is 1.95. The summed E-state index contributed by atoms with van der Waals surface area (Å²) in [6.45, 7) is 4.20. The van der Waals surface area contributed by atoms with Gasteiger partial charge in [-0.05, 0) is 25.5 Å². The van der Waals surface area contributed by atoms with Crippen molar-refractivity contribution in [1.82, 2.24) is 14.7 Å². The van der Waals surface area contributed by atoms with Gasteiger partial charge in [0.15, 0.2) is 0 Å². The van der Waals surface area contributed by atoms with Crippen LogP contribution in [0, 0.1) is 6.92 Å². The van der Waals surface area contributed by atoms with Crippen molar-refractivity contribution in [3.63, 3.8) is 0 Å². The minimum absolute atomic E-state index is 0.201. The highest BCUT2D eigenvalue weighted by Crippen LogP contribution is 2.09. The maximum Gasteiger partial charge on any atom is 0.306 e. The summed E-state index contributed by atoms with van der Waals surface area (Å²) in [7, 11) is 0. The highest BCUT2D eigenvalue weighted by atomic mass is 16.4. The van der Waals surface area contributed by atoms with Crippen LogP contribution < -0.4 is 5.32 Å². The first-order chi connectivity index (χ1) is 9.35. The molecule has 0 aliphatic rings. The zero-order valence-electron chi connectivity index (χ0n) is 11.6. The molecule has 2 heterocycles. The number of hydrogen-bond donors (Lipinski definition) is 3. The van der Waals surface area contributed by atoms with Crippen molar-refractivity contribution >= 4 is 11.6 Å². The summed E-state index contributed by atoms with van der Waals surface area (Å²) >= 11 is 0. The van der Waals surface area contributed by atoms with E-state index in [9.17, 15) is 9.90 Å². The van der Waals surface area contributed by atoms with E-state index in [1.807, 2.05) is 35.9 Å². The van der Waals surface area contributed by atoms with Gasteiger partial charge in [0.05, 0.1) is 17.7 Å². The molecular formula is C14H19N3O3. The molecule has 2 aromatic rings. The molecule has 0 bridgehead atoms. The molecule has 0 aliphatic heterocycles. The minimum Gasteiger partial charge on any atom is -0.481 e. The first-order valence-corrected chi connectivity index (χ1v) is 6.45. The van der Waals surface area contributed by atoms with E-state index in [1.165, 1.54) is 6.92 Å². The Kier molecular flexibility index (Phi) is 4.06. The van der Waals surface area contributed by atoms with E-state index in [0.29, 0.717) is 6.54 Å². The number of rotatable bonds is 6. The van der Waals surface area contributed by atoms with Gasteiger partial charge in [-0.1, -0.05) is 6.07 Å². The van der Waals surface area contributed by atoms with Crippen LogP contribution in [0.2, 0.25) is 0 Å². The van der Waals surface area contributed by atoms with Crippen molar-refractivity contribution in [3.05, 3.63) is 35.8 Å². The van der Waals surface area contributed by atoms with Gasteiger partial charge in [-0.3, -0.25) is 4.79 Å². The number of hydrogen-bond acceptors (Lipinski definition) is 4. The number of carboxylic acids is 1. The van der Waals surface area contributed by atoms with Crippen LogP contribution in [-0.2, 0) is 11.3 Å². The minimum atomic E-state index is -1.26. The van der Waals surface area contributed by atoms with Crippen LogP contribution in [0.25, 0.3) is 5.65 Å². The van der Waals surface area contributed by atoms with Crippen LogP contribution in [0.3, 0.4) is 0 Å². The standard InChI is InChI=1S/C14H19N3O3/c1-10-3-4-12-16-11(8-17(12)7-10)6-15-9-14(2,20)5-13(18)19/h3-4,7-8,15,20H,5-6,9H2,1-2H3,(H,18,19). The lowest BCUT2D eigenvalue weighted by molar-refractivity contribution is -0.141. The Morgan fingerprint density at radius 1 is 1.45 bits per heavy atom. The third-order valence-electron chi connectivity index (χ3n) is 2.99. The first-order valence-electron chi connectivity index (χ1n) is 6.45. The lowest BCUT2D eigenvalue weighted by Gasteiger charge is -2.21. The van der Waals surface area contributed by atoms with Crippen LogP contribution >= 0.6 is 0 Å². The van der Waals surface area contributed by atoms with E-state index in [4.69, 9.17) is 5.11 Å². The van der Waals surface area contributed by atoms with Crippen molar-refractivity contribution in [3.8, 4) is 0 Å². The predicted octanol–water partition coefficient (Wildman–Crippen LogP) is 0.958. The average molecular weight is 277 g/mol. The number of carboxylic acid groups (broad SMARTS) is 1. The average Bonchev–Trinajstić information content (AvgIpc) is 2.68. The number of pyridine rings is 1. The van der Waals surface area contributed by atoms with E-state index in [1.54, 1.807) is 0 Å². The Morgan fingerprint density at radius 2 is 2.20 bits per heavy atom. The maximum absolute atomic E-state index is 10.6. The second-order valence-corrected chi connectivity index (χ2v) is 5.38. The van der Waals surface area contributed by atoms with Gasteiger partial charge in [-0.25, -0.2) is 4.98 Å². The van der Waals surface area contributed by atoms with E-state index in [-0.39, 0.29) is 13.0 Å². The van der Waals surface area contributed by atoms with Gasteiger partial charge < -0.3 is 19.9 Å². The summed E-state index contributed by atoms with van der Waals surface area (Å²) in [5.41, 5.74) is 1.60. The molecular weight excluding hydrogens is 258 g/mol. The smallest absolute Gasteiger partial charge is 0.306 e. The largest absolute Gasteiger partial charge is 0.481 e. The molecule has 3 N–H and O–H groups in total. The Balaban J connectivity index is 1.94. The molecule has 0 saturated carbocycles. The Labute approximate surface area is 117 Å². The SMILES string of the molecule is Cc1ccc2nc(CNCC(C)(O)CC(=O)O)cn2c1. The van der Waals surface area contributed by atoms with Crippen molar-refractivity contribution < 1.29 is 15.0 Å². The Bertz CT molecular complexity index is 619. The van der Waals surface area contributed by atoms with Crippen LogP contribution in [0.4, 0.5) is 0 Å². The number of fused-ring (bicyclic) bond motifs is 1. The maximum atomic E-state index is 10.6. The van der Waals surface area contributed by atoms with Gasteiger partial charge in [0.1, 0.15) is 5.65 Å². The molecule has 20 heavy (non-hydrogen) atoms. The summed E-state index contributed by atoms with van der Waals surface area (Å²) in [4.78, 5) is 15.0. The van der Waals surface area contributed by atoms with Crippen LogP contribution in [-0.4, -0.2) is 37.7 Å². The number of aryl methyl sites for hydroxylation is 1. The van der Waals surface area contributed by atoms with Gasteiger partial charge in [0.2, 0.25) is 0 Å². The molecule has 0 spiro atoms. The van der Waals surface area contributed by atoms with Crippen molar-refractivity contribution in [2.45, 2.75) is 32.4 Å². The quantitative estimate of drug-likeness (QED) is 0.732. The molecule has 0 saturated heterocycles. The van der Waals surface area contributed by atoms with Gasteiger partial charge in [-0.2, -0.15) is 0 Å². The van der Waals surface area contributed by atoms with E-state index >= 15 is 0 Å². The van der Waals surface area contributed by atoms with Gasteiger partial charge in [0, 0.05) is 25.5 Å². The van der Waals surface area contributed by atoms with Crippen molar-refractivity contribution in [2.75, 3.05) is 6.54 Å². The fourth-order valence-electron chi connectivity index (χ4n) is 2.09. The summed E-state index contributed by atoms with van der Waals surface area (Å²) in [5, 5.41) is 21.6. The molecule has 6 nitrogen and oxygen atoms in total. The molecule has 108 valence electrons. The number of carbonyl (C=O) groups is 1. The molecule has 6 heteroatoms. The van der Waals surface area contributed by atoms with E-state index in [2.05, 4.69) is 10.3 Å². The number of nitrogens with zero attached hydrogens (tertiary/aromatic N) is 2. The van der Waals surface area contributed by atoms with Crippen LogP contribution in [0.1, 0.15) is 24.6 Å². The zero-order chi connectivity index (χ0) is 14.8. The predicted molar refractivity (Wildman–Crippen MR) is 74.5 cm³/mol. The molecule has 0 amide bonds. The van der Waals surface area contributed by atoms with Gasteiger partial charge >= 0.3 is 5.97 Å². The summed E-state index contributed by atoms with van der Waals surface area (Å²) in [5.74, 6) is -1.01. The zero-order valence-corrected chi connectivity index (χ0v) is 11.6. The molecule has 0 aliphatic carbocycles. The lowest BCUT2D eigenvalue weighted by Crippen LogP contribution is -2.39. The van der Waals surface area contributed by atoms with Crippen LogP contribution in [0.15, 0.2) is 24.5 Å². The third-order valence-corrected chi connectivity index (χ3v) is 2.99. The fourth-order valence-corrected chi connectivity index (χ4v) is 2.09. The molecule has 1 atom stereocenters. The number of imidazole rings is 1. The molecule has 2 rings (SSSR count). The number of aliphatic carboxylic acids is 1. The fraction of sp³-hybridized carbons (Fsp3) is 0.429. The topological polar surface area (TPSA) is 86.9 Å². The Hall–Kier alpha value is -1.92. The number of aromatic nitrogens is 2. The summed E-state index contributed by atoms with van der Waals surface area (Å²) in [6.07, 6.45) is 3.62. The molecule has 1 unspecified atom stereocenters. The first kappa shape index (κ1) is 14.5. The van der Waals surface area contributed by atoms with Gasteiger partial charge in [0.25, 0.3) is 0 Å². The molecule has 0 aromatic carbocycles. The third kappa shape index (κ3) is 3.79. The lowest BCUT2D eigenvalue weighted by atomic mass is 10.0. The monoisotopic (exact) mass is 277 g/mol. The molecule has 2 aromatic heterocycles. The Morgan fingerprint density at radius 3 is 2.90 bits per heavy atom. The van der Waals surface area contributed by atoms with Crippen molar-refractivity contribution in [2.24, 2.45) is 0 Å².